The van der Waals surface area contributed by atoms with Crippen LogP contribution in [-0.4, -0.2) is 27.5 Å². The highest BCUT2D eigenvalue weighted by molar-refractivity contribution is 5.80. The predicted octanol–water partition coefficient (Wildman–Crippen LogP) is 0.191. The van der Waals surface area contributed by atoms with Crippen molar-refractivity contribution < 1.29 is 14.6 Å². The van der Waals surface area contributed by atoms with Crippen LogP contribution in [0.1, 0.15) is 19.4 Å². The van der Waals surface area contributed by atoms with E-state index in [0.717, 1.165) is 0 Å². The SMILES string of the molecule is CCOC(=O)[C@@](C)(O)c1cnn(C)c1. The lowest BCUT2D eigenvalue weighted by atomic mass is 10.0. The smallest absolute Gasteiger partial charge is 0.342 e. The molecule has 0 aromatic carbocycles. The van der Waals surface area contributed by atoms with E-state index in [0.29, 0.717) is 5.56 Å². The van der Waals surface area contributed by atoms with Gasteiger partial charge in [-0.25, -0.2) is 4.79 Å². The van der Waals surface area contributed by atoms with Crippen molar-refractivity contribution in [2.45, 2.75) is 19.4 Å². The van der Waals surface area contributed by atoms with Crippen LogP contribution in [0.5, 0.6) is 0 Å². The van der Waals surface area contributed by atoms with Gasteiger partial charge in [-0.05, 0) is 13.8 Å². The Balaban J connectivity index is 2.89. The molecule has 78 valence electrons. The number of hydrogen-bond donors (Lipinski definition) is 1. The summed E-state index contributed by atoms with van der Waals surface area (Å²) in [6.45, 7) is 3.33. The van der Waals surface area contributed by atoms with Crippen molar-refractivity contribution in [1.29, 1.82) is 0 Å². The summed E-state index contributed by atoms with van der Waals surface area (Å²) in [6.07, 6.45) is 3.02. The summed E-state index contributed by atoms with van der Waals surface area (Å²) in [5.41, 5.74) is -1.19. The third-order valence-corrected chi connectivity index (χ3v) is 1.94. The first kappa shape index (κ1) is 10.7. The maximum absolute atomic E-state index is 11.4. The fourth-order valence-electron chi connectivity index (χ4n) is 1.06. The zero-order valence-electron chi connectivity index (χ0n) is 8.52. The highest BCUT2D eigenvalue weighted by atomic mass is 16.5. The van der Waals surface area contributed by atoms with Gasteiger partial charge in [0.25, 0.3) is 0 Å². The van der Waals surface area contributed by atoms with E-state index in [9.17, 15) is 9.90 Å². The number of rotatable bonds is 3. The molecule has 0 bridgehead atoms. The Hall–Kier alpha value is -1.36. The highest BCUT2D eigenvalue weighted by Crippen LogP contribution is 2.21. The minimum Gasteiger partial charge on any atom is -0.464 e. The third-order valence-electron chi connectivity index (χ3n) is 1.94. The van der Waals surface area contributed by atoms with Gasteiger partial charge in [-0.1, -0.05) is 0 Å². The summed E-state index contributed by atoms with van der Waals surface area (Å²) in [5.74, 6) is -0.659. The normalized spacial score (nSPS) is 14.9. The number of carbonyl (C=O) groups excluding carboxylic acids is 1. The van der Waals surface area contributed by atoms with Crippen molar-refractivity contribution >= 4 is 5.97 Å². The largest absolute Gasteiger partial charge is 0.464 e. The van der Waals surface area contributed by atoms with Crippen LogP contribution in [0.2, 0.25) is 0 Å². The molecule has 0 aliphatic carbocycles. The van der Waals surface area contributed by atoms with Gasteiger partial charge in [-0.3, -0.25) is 4.68 Å². The van der Waals surface area contributed by atoms with Crippen molar-refractivity contribution in [3.8, 4) is 0 Å². The van der Waals surface area contributed by atoms with E-state index < -0.39 is 11.6 Å². The van der Waals surface area contributed by atoms with Gasteiger partial charge < -0.3 is 9.84 Å². The van der Waals surface area contributed by atoms with Crippen LogP contribution >= 0.6 is 0 Å². The lowest BCUT2D eigenvalue weighted by Gasteiger charge is -2.18. The van der Waals surface area contributed by atoms with Crippen molar-refractivity contribution in [1.82, 2.24) is 9.78 Å². The van der Waals surface area contributed by atoms with Gasteiger partial charge in [-0.2, -0.15) is 5.10 Å². The van der Waals surface area contributed by atoms with E-state index in [1.807, 2.05) is 0 Å². The van der Waals surface area contributed by atoms with E-state index in [-0.39, 0.29) is 6.61 Å². The second-order valence-electron chi connectivity index (χ2n) is 3.20. The predicted molar refractivity (Wildman–Crippen MR) is 49.4 cm³/mol. The molecule has 0 aliphatic heterocycles. The number of carbonyl (C=O) groups is 1. The second-order valence-corrected chi connectivity index (χ2v) is 3.20. The molecular weight excluding hydrogens is 184 g/mol. The third kappa shape index (κ3) is 1.93. The summed E-state index contributed by atoms with van der Waals surface area (Å²) in [7, 11) is 1.71. The van der Waals surface area contributed by atoms with Crippen LogP contribution in [-0.2, 0) is 22.2 Å². The van der Waals surface area contributed by atoms with Crippen molar-refractivity contribution in [3.63, 3.8) is 0 Å². The molecule has 1 aromatic rings. The number of hydrogen-bond acceptors (Lipinski definition) is 4. The first-order valence-corrected chi connectivity index (χ1v) is 4.37. The van der Waals surface area contributed by atoms with Crippen molar-refractivity contribution in [2.24, 2.45) is 7.05 Å². The fraction of sp³-hybridized carbons (Fsp3) is 0.556. The molecule has 1 rings (SSSR count). The first-order valence-electron chi connectivity index (χ1n) is 4.37. The summed E-state index contributed by atoms with van der Waals surface area (Å²) in [6, 6.07) is 0. The molecule has 0 saturated heterocycles. The van der Waals surface area contributed by atoms with Gasteiger partial charge in [0.05, 0.1) is 12.8 Å². The van der Waals surface area contributed by atoms with Crippen LogP contribution in [0.25, 0.3) is 0 Å². The number of aromatic nitrogens is 2. The molecule has 0 radical (unpaired) electrons. The lowest BCUT2D eigenvalue weighted by Crippen LogP contribution is -2.33. The maximum atomic E-state index is 11.4. The molecule has 1 N–H and O–H groups in total. The molecule has 14 heavy (non-hydrogen) atoms. The maximum Gasteiger partial charge on any atom is 0.342 e. The Morgan fingerprint density at radius 1 is 1.79 bits per heavy atom. The van der Waals surface area contributed by atoms with E-state index >= 15 is 0 Å². The molecule has 0 aliphatic rings. The summed E-state index contributed by atoms with van der Waals surface area (Å²) in [5, 5.41) is 13.7. The quantitative estimate of drug-likeness (QED) is 0.704. The topological polar surface area (TPSA) is 64.3 Å². The number of esters is 1. The molecular formula is C9H14N2O3. The van der Waals surface area contributed by atoms with Gasteiger partial charge in [0.1, 0.15) is 0 Å². The average molecular weight is 198 g/mol. The van der Waals surface area contributed by atoms with Gasteiger partial charge in [0.2, 0.25) is 0 Å². The Labute approximate surface area is 82.3 Å². The lowest BCUT2D eigenvalue weighted by molar-refractivity contribution is -0.164. The van der Waals surface area contributed by atoms with Gasteiger partial charge in [0.15, 0.2) is 5.60 Å². The Morgan fingerprint density at radius 3 is 2.86 bits per heavy atom. The minimum absolute atomic E-state index is 0.245. The van der Waals surface area contributed by atoms with Gasteiger partial charge >= 0.3 is 5.97 Å². The van der Waals surface area contributed by atoms with Crippen LogP contribution in [0.4, 0.5) is 0 Å². The summed E-state index contributed by atoms with van der Waals surface area (Å²) >= 11 is 0. The van der Waals surface area contributed by atoms with Crippen molar-refractivity contribution in [3.05, 3.63) is 18.0 Å². The molecule has 1 heterocycles. The molecule has 5 heteroatoms. The number of ether oxygens (including phenoxy) is 1. The Bertz CT molecular complexity index is 331. The monoisotopic (exact) mass is 198 g/mol. The molecule has 1 atom stereocenters. The molecule has 5 nitrogen and oxygen atoms in total. The van der Waals surface area contributed by atoms with Gasteiger partial charge in [-0.15, -0.1) is 0 Å². The Kier molecular flexibility index (Phi) is 2.90. The summed E-state index contributed by atoms with van der Waals surface area (Å²) < 4.78 is 6.26. The molecule has 0 saturated carbocycles. The molecule has 1 aromatic heterocycles. The first-order chi connectivity index (χ1) is 6.48. The van der Waals surface area contributed by atoms with E-state index in [1.54, 1.807) is 20.2 Å². The molecule has 0 unspecified atom stereocenters. The molecule has 0 fully saturated rings. The van der Waals surface area contributed by atoms with Gasteiger partial charge in [0, 0.05) is 18.8 Å². The van der Waals surface area contributed by atoms with Crippen LogP contribution in [0.15, 0.2) is 12.4 Å². The zero-order chi connectivity index (χ0) is 10.8. The second kappa shape index (κ2) is 3.79. The van der Waals surface area contributed by atoms with Crippen molar-refractivity contribution in [2.75, 3.05) is 6.61 Å². The standard InChI is InChI=1S/C9H14N2O3/c1-4-14-8(12)9(2,13)7-5-10-11(3)6-7/h5-6,13H,4H2,1-3H3/t9-/m0/s1. The van der Waals surface area contributed by atoms with Crippen LogP contribution in [0, 0.1) is 0 Å². The van der Waals surface area contributed by atoms with E-state index in [2.05, 4.69) is 5.10 Å². The highest BCUT2D eigenvalue weighted by Gasteiger charge is 2.35. The number of aliphatic hydroxyl groups is 1. The number of aryl methyl sites for hydroxylation is 1. The van der Waals surface area contributed by atoms with E-state index in [4.69, 9.17) is 4.74 Å². The number of nitrogens with zero attached hydrogens (tertiary/aromatic N) is 2. The molecule has 0 amide bonds. The average Bonchev–Trinajstić information content (AvgIpc) is 2.52. The zero-order valence-corrected chi connectivity index (χ0v) is 8.52. The van der Waals surface area contributed by atoms with Crippen LogP contribution < -0.4 is 0 Å². The fourth-order valence-corrected chi connectivity index (χ4v) is 1.06. The van der Waals surface area contributed by atoms with E-state index in [1.165, 1.54) is 17.8 Å². The summed E-state index contributed by atoms with van der Waals surface area (Å²) in [4.78, 5) is 11.4. The minimum atomic E-state index is -1.62. The Morgan fingerprint density at radius 2 is 2.43 bits per heavy atom. The van der Waals surface area contributed by atoms with Crippen LogP contribution in [0.3, 0.4) is 0 Å². The molecule has 0 spiro atoms.